The number of hydrogen-bond donors (Lipinski definition) is 2. The van der Waals surface area contributed by atoms with Gasteiger partial charge in [0.1, 0.15) is 13.2 Å². The van der Waals surface area contributed by atoms with Crippen LogP contribution in [0.3, 0.4) is 0 Å². The summed E-state index contributed by atoms with van der Waals surface area (Å²) in [5, 5.41) is 14.4. The summed E-state index contributed by atoms with van der Waals surface area (Å²) in [4.78, 5) is 4.41. The Morgan fingerprint density at radius 3 is 2.83 bits per heavy atom. The van der Waals surface area contributed by atoms with Crippen molar-refractivity contribution in [2.45, 2.75) is 20.3 Å². The number of benzene rings is 1. The number of nitrogens with one attached hydrogen (secondary N) is 2. The lowest BCUT2D eigenvalue weighted by Crippen LogP contribution is -2.15. The van der Waals surface area contributed by atoms with Crippen LogP contribution in [-0.2, 0) is 0 Å². The molecule has 0 fully saturated rings. The second-order valence-corrected chi connectivity index (χ2v) is 5.76. The first-order chi connectivity index (χ1) is 11.2. The van der Waals surface area contributed by atoms with E-state index in [0.29, 0.717) is 30.9 Å². The molecule has 2 heterocycles. The summed E-state index contributed by atoms with van der Waals surface area (Å²) in [5.41, 5.74) is 0.829. The molecule has 0 radical (unpaired) electrons. The second kappa shape index (κ2) is 7.13. The minimum Gasteiger partial charge on any atom is -0.486 e. The van der Waals surface area contributed by atoms with Crippen LogP contribution >= 0.6 is 0 Å². The Kier molecular flexibility index (Phi) is 4.75. The zero-order chi connectivity index (χ0) is 16.1. The largest absolute Gasteiger partial charge is 0.486 e. The van der Waals surface area contributed by atoms with Crippen molar-refractivity contribution in [2.75, 3.05) is 30.4 Å². The number of aromatic nitrogens is 3. The van der Waals surface area contributed by atoms with Gasteiger partial charge in [0.25, 0.3) is 0 Å². The van der Waals surface area contributed by atoms with Gasteiger partial charge in [-0.2, -0.15) is 10.1 Å². The number of ether oxygens (including phenoxy) is 2. The summed E-state index contributed by atoms with van der Waals surface area (Å²) in [6, 6.07) is 5.64. The molecular weight excluding hydrogens is 294 g/mol. The third kappa shape index (κ3) is 4.21. The Morgan fingerprint density at radius 1 is 1.17 bits per heavy atom. The first-order valence-electron chi connectivity index (χ1n) is 7.81. The van der Waals surface area contributed by atoms with Crippen molar-refractivity contribution in [1.29, 1.82) is 0 Å². The Balaban J connectivity index is 1.65. The molecule has 1 aromatic heterocycles. The van der Waals surface area contributed by atoms with Crippen LogP contribution in [0.25, 0.3) is 0 Å². The van der Waals surface area contributed by atoms with Gasteiger partial charge in [0.05, 0.1) is 6.20 Å². The average molecular weight is 315 g/mol. The summed E-state index contributed by atoms with van der Waals surface area (Å²) in [6.45, 7) is 6.38. The number of nitrogens with zero attached hydrogens (tertiary/aromatic N) is 3. The van der Waals surface area contributed by atoms with Crippen LogP contribution in [0.5, 0.6) is 11.5 Å². The van der Waals surface area contributed by atoms with E-state index in [-0.39, 0.29) is 0 Å². The van der Waals surface area contributed by atoms with E-state index in [0.717, 1.165) is 30.2 Å². The van der Waals surface area contributed by atoms with Crippen LogP contribution in [0.1, 0.15) is 20.3 Å². The highest BCUT2D eigenvalue weighted by Crippen LogP contribution is 2.33. The Hall–Kier alpha value is -2.57. The number of fused-ring (bicyclic) bond motifs is 1. The molecule has 0 spiro atoms. The SMILES string of the molecule is CC(C)CCNc1cnnc(Nc2ccc3c(c2)OCCO3)n1. The van der Waals surface area contributed by atoms with E-state index in [1.807, 2.05) is 18.2 Å². The molecule has 1 aliphatic heterocycles. The maximum Gasteiger partial charge on any atom is 0.249 e. The van der Waals surface area contributed by atoms with Gasteiger partial charge in [-0.15, -0.1) is 5.10 Å². The molecule has 2 N–H and O–H groups in total. The highest BCUT2D eigenvalue weighted by atomic mass is 16.6. The van der Waals surface area contributed by atoms with Crippen LogP contribution in [0, 0.1) is 5.92 Å². The van der Waals surface area contributed by atoms with Gasteiger partial charge < -0.3 is 20.1 Å². The van der Waals surface area contributed by atoms with Crippen molar-refractivity contribution in [3.8, 4) is 11.5 Å². The van der Waals surface area contributed by atoms with E-state index in [9.17, 15) is 0 Å². The van der Waals surface area contributed by atoms with Gasteiger partial charge in [-0.1, -0.05) is 13.8 Å². The van der Waals surface area contributed by atoms with Gasteiger partial charge in [-0.25, -0.2) is 0 Å². The third-order valence-electron chi connectivity index (χ3n) is 3.38. The van der Waals surface area contributed by atoms with Crippen LogP contribution in [0.4, 0.5) is 17.5 Å². The molecule has 0 unspecified atom stereocenters. The van der Waals surface area contributed by atoms with Crippen LogP contribution in [0.2, 0.25) is 0 Å². The average Bonchev–Trinajstić information content (AvgIpc) is 2.55. The van der Waals surface area contributed by atoms with Crippen LogP contribution in [-0.4, -0.2) is 34.9 Å². The van der Waals surface area contributed by atoms with Gasteiger partial charge in [0, 0.05) is 18.3 Å². The van der Waals surface area contributed by atoms with Crippen molar-refractivity contribution >= 4 is 17.5 Å². The number of hydrogen-bond acceptors (Lipinski definition) is 7. The molecular formula is C16H21N5O2. The molecule has 7 nitrogen and oxygen atoms in total. The van der Waals surface area contributed by atoms with E-state index in [1.165, 1.54) is 0 Å². The molecule has 1 aromatic carbocycles. The van der Waals surface area contributed by atoms with Crippen molar-refractivity contribution in [1.82, 2.24) is 15.2 Å². The zero-order valence-electron chi connectivity index (χ0n) is 13.4. The minimum atomic E-state index is 0.441. The molecule has 1 aliphatic rings. The normalized spacial score (nSPS) is 13.0. The monoisotopic (exact) mass is 315 g/mol. The third-order valence-corrected chi connectivity index (χ3v) is 3.38. The van der Waals surface area contributed by atoms with Gasteiger partial charge in [0.15, 0.2) is 17.3 Å². The molecule has 0 saturated heterocycles. The lowest BCUT2D eigenvalue weighted by Gasteiger charge is -2.19. The Morgan fingerprint density at radius 2 is 2.00 bits per heavy atom. The predicted molar refractivity (Wildman–Crippen MR) is 88.5 cm³/mol. The van der Waals surface area contributed by atoms with Crippen molar-refractivity contribution in [3.05, 3.63) is 24.4 Å². The highest BCUT2D eigenvalue weighted by Gasteiger charge is 2.12. The molecule has 2 aromatic rings. The Labute approximate surface area is 135 Å². The van der Waals surface area contributed by atoms with Gasteiger partial charge >= 0.3 is 0 Å². The summed E-state index contributed by atoms with van der Waals surface area (Å²) in [7, 11) is 0. The van der Waals surface area contributed by atoms with E-state index >= 15 is 0 Å². The summed E-state index contributed by atoms with van der Waals surface area (Å²) in [5.74, 6) is 3.27. The first kappa shape index (κ1) is 15.3. The summed E-state index contributed by atoms with van der Waals surface area (Å²) in [6.07, 6.45) is 2.70. The first-order valence-corrected chi connectivity index (χ1v) is 7.81. The van der Waals surface area contributed by atoms with Crippen LogP contribution < -0.4 is 20.1 Å². The smallest absolute Gasteiger partial charge is 0.249 e. The van der Waals surface area contributed by atoms with E-state index in [2.05, 4.69) is 39.7 Å². The molecule has 0 saturated carbocycles. The maximum absolute atomic E-state index is 5.57. The van der Waals surface area contributed by atoms with E-state index in [4.69, 9.17) is 9.47 Å². The lowest BCUT2D eigenvalue weighted by atomic mass is 10.1. The fourth-order valence-electron chi connectivity index (χ4n) is 2.18. The molecule has 23 heavy (non-hydrogen) atoms. The maximum atomic E-state index is 5.57. The fraction of sp³-hybridized carbons (Fsp3) is 0.438. The van der Waals surface area contributed by atoms with E-state index in [1.54, 1.807) is 6.20 Å². The molecule has 0 amide bonds. The number of anilines is 3. The summed E-state index contributed by atoms with van der Waals surface area (Å²) < 4.78 is 11.1. The van der Waals surface area contributed by atoms with Crippen molar-refractivity contribution in [3.63, 3.8) is 0 Å². The Bertz CT molecular complexity index is 663. The molecule has 0 aliphatic carbocycles. The van der Waals surface area contributed by atoms with Crippen molar-refractivity contribution in [2.24, 2.45) is 5.92 Å². The van der Waals surface area contributed by atoms with Gasteiger partial charge in [-0.3, -0.25) is 0 Å². The predicted octanol–water partition coefficient (Wildman–Crippen LogP) is 2.84. The fourth-order valence-corrected chi connectivity index (χ4v) is 2.18. The molecule has 0 atom stereocenters. The molecule has 7 heteroatoms. The molecule has 0 bridgehead atoms. The lowest BCUT2D eigenvalue weighted by molar-refractivity contribution is 0.171. The van der Waals surface area contributed by atoms with E-state index < -0.39 is 0 Å². The zero-order valence-corrected chi connectivity index (χ0v) is 13.4. The topological polar surface area (TPSA) is 81.2 Å². The molecule has 3 rings (SSSR count). The molecule has 122 valence electrons. The quantitative estimate of drug-likeness (QED) is 0.848. The second-order valence-electron chi connectivity index (χ2n) is 5.76. The number of rotatable bonds is 6. The van der Waals surface area contributed by atoms with Crippen LogP contribution in [0.15, 0.2) is 24.4 Å². The summed E-state index contributed by atoms with van der Waals surface area (Å²) >= 11 is 0. The van der Waals surface area contributed by atoms with Gasteiger partial charge in [0.2, 0.25) is 5.95 Å². The highest BCUT2D eigenvalue weighted by molar-refractivity contribution is 5.60. The van der Waals surface area contributed by atoms with Crippen molar-refractivity contribution < 1.29 is 9.47 Å². The van der Waals surface area contributed by atoms with Gasteiger partial charge in [-0.05, 0) is 24.5 Å². The minimum absolute atomic E-state index is 0.441. The standard InChI is InChI=1S/C16H21N5O2/c1-11(2)5-6-17-15-10-18-21-16(20-15)19-12-3-4-13-14(9-12)23-8-7-22-13/h3-4,9-11H,5-8H2,1-2H3,(H2,17,19,20,21).